The molecule has 0 atom stereocenters. The average molecular weight is 456 g/mol. The number of fused-ring (bicyclic) bond motifs is 2. The molecule has 0 saturated carbocycles. The molecule has 31 heavy (non-hydrogen) atoms. The smallest absolute Gasteiger partial charge is 0.265 e. The number of nitrogens with zero attached hydrogens (tertiary/aromatic N) is 3. The Morgan fingerprint density at radius 1 is 1.19 bits per heavy atom. The number of hydrogen-bond donors (Lipinski definition) is 0. The quantitative estimate of drug-likeness (QED) is 0.569. The van der Waals surface area contributed by atoms with E-state index in [2.05, 4.69) is 15.3 Å². The molecule has 3 heterocycles. The lowest BCUT2D eigenvalue weighted by Crippen LogP contribution is -2.40. The van der Waals surface area contributed by atoms with Crippen LogP contribution in [0.4, 0.5) is 5.69 Å². The van der Waals surface area contributed by atoms with Gasteiger partial charge < -0.3 is 19.3 Å². The molecule has 0 spiro atoms. The number of halogens is 1. The monoisotopic (exact) mass is 455 g/mol. The Morgan fingerprint density at radius 2 is 2.06 bits per heavy atom. The van der Waals surface area contributed by atoms with E-state index in [1.54, 1.807) is 16.7 Å². The summed E-state index contributed by atoms with van der Waals surface area (Å²) in [6.45, 7) is 2.87. The van der Waals surface area contributed by atoms with Crippen molar-refractivity contribution in [3.05, 3.63) is 58.5 Å². The fourth-order valence-electron chi connectivity index (χ4n) is 3.92. The molecule has 0 N–H and O–H groups in total. The average Bonchev–Trinajstić information content (AvgIpc) is 3.39. The zero-order chi connectivity index (χ0) is 21.2. The second-order valence-corrected chi connectivity index (χ2v) is 8.71. The van der Waals surface area contributed by atoms with Crippen molar-refractivity contribution >= 4 is 45.8 Å². The third kappa shape index (κ3) is 4.12. The van der Waals surface area contributed by atoms with E-state index in [9.17, 15) is 4.79 Å². The van der Waals surface area contributed by atoms with Gasteiger partial charge in [0, 0.05) is 29.1 Å². The largest absolute Gasteiger partial charge is 0.494 e. The van der Waals surface area contributed by atoms with Gasteiger partial charge in [0.15, 0.2) is 17.5 Å². The molecule has 5 rings (SSSR count). The zero-order valence-corrected chi connectivity index (χ0v) is 18.5. The second-order valence-electron chi connectivity index (χ2n) is 7.44. The number of carbonyl (C=O) groups excluding carboxylic acids is 1. The van der Waals surface area contributed by atoms with E-state index in [0.717, 1.165) is 53.8 Å². The summed E-state index contributed by atoms with van der Waals surface area (Å²) in [6.07, 6.45) is 1.67. The van der Waals surface area contributed by atoms with Crippen LogP contribution in [0, 0.1) is 0 Å². The van der Waals surface area contributed by atoms with Crippen molar-refractivity contribution in [1.82, 2.24) is 4.90 Å². The molecule has 3 aliphatic heterocycles. The van der Waals surface area contributed by atoms with Gasteiger partial charge in [0.25, 0.3) is 5.91 Å². The van der Waals surface area contributed by atoms with E-state index in [1.807, 2.05) is 42.5 Å². The maximum atomic E-state index is 12.6. The van der Waals surface area contributed by atoms with Crippen LogP contribution in [0.5, 0.6) is 11.5 Å². The topological polar surface area (TPSA) is 54.4 Å². The Morgan fingerprint density at radius 3 is 2.94 bits per heavy atom. The van der Waals surface area contributed by atoms with Crippen LogP contribution in [0.2, 0.25) is 5.02 Å². The molecule has 0 fully saturated rings. The fraction of sp³-hybridized carbons (Fsp3) is 0.304. The van der Waals surface area contributed by atoms with Gasteiger partial charge in [-0.05, 0) is 37.1 Å². The lowest BCUT2D eigenvalue weighted by atomic mass is 10.1. The van der Waals surface area contributed by atoms with Crippen LogP contribution in [0.3, 0.4) is 0 Å². The van der Waals surface area contributed by atoms with Crippen molar-refractivity contribution in [1.29, 1.82) is 0 Å². The molecule has 3 aliphatic rings. The number of anilines is 1. The molecular weight excluding hydrogens is 434 g/mol. The molecule has 2 aromatic carbocycles. The van der Waals surface area contributed by atoms with Gasteiger partial charge in [-0.25, -0.2) is 0 Å². The molecule has 0 bridgehead atoms. The first-order valence-electron chi connectivity index (χ1n) is 10.3. The van der Waals surface area contributed by atoms with Gasteiger partial charge in [0.1, 0.15) is 5.75 Å². The van der Waals surface area contributed by atoms with Crippen LogP contribution < -0.4 is 14.4 Å². The standard InChI is InChI=1S/C23H22ClN3O3S/c24-16-12-18(20-15-31-23-25-8-10-27(20)23)22-19(13-16)26(21(28)14-30-22)9-4-5-11-29-17-6-2-1-3-7-17/h1-3,6-7,12-13,15H,4-5,8-11,14H2. The molecule has 0 unspecified atom stereocenters. The summed E-state index contributed by atoms with van der Waals surface area (Å²) in [5, 5.41) is 3.67. The summed E-state index contributed by atoms with van der Waals surface area (Å²) in [4.78, 5) is 21.1. The predicted molar refractivity (Wildman–Crippen MR) is 125 cm³/mol. The number of thioether (sulfide) groups is 1. The first-order valence-corrected chi connectivity index (χ1v) is 11.6. The van der Waals surface area contributed by atoms with E-state index < -0.39 is 0 Å². The summed E-state index contributed by atoms with van der Waals surface area (Å²) in [6, 6.07) is 13.5. The molecule has 0 radical (unpaired) electrons. The molecule has 6 nitrogen and oxygen atoms in total. The number of carbonyl (C=O) groups is 1. The maximum absolute atomic E-state index is 12.6. The van der Waals surface area contributed by atoms with E-state index >= 15 is 0 Å². The lowest BCUT2D eigenvalue weighted by molar-refractivity contribution is -0.121. The molecule has 0 aliphatic carbocycles. The van der Waals surface area contributed by atoms with Crippen LogP contribution in [0.15, 0.2) is 52.9 Å². The van der Waals surface area contributed by atoms with Crippen LogP contribution in [-0.2, 0) is 4.79 Å². The Kier molecular flexibility index (Phi) is 5.78. The number of hydrogen-bond acceptors (Lipinski definition) is 6. The van der Waals surface area contributed by atoms with Crippen molar-refractivity contribution in [3.8, 4) is 11.5 Å². The zero-order valence-electron chi connectivity index (χ0n) is 16.9. The minimum atomic E-state index is -0.0529. The number of para-hydroxylation sites is 1. The van der Waals surface area contributed by atoms with Crippen LogP contribution in [-0.4, -0.2) is 48.8 Å². The van der Waals surface area contributed by atoms with Crippen molar-refractivity contribution in [2.45, 2.75) is 12.8 Å². The van der Waals surface area contributed by atoms with Gasteiger partial charge in [-0.15, -0.1) is 0 Å². The second kappa shape index (κ2) is 8.85. The summed E-state index contributed by atoms with van der Waals surface area (Å²) in [5.41, 5.74) is 2.68. The maximum Gasteiger partial charge on any atom is 0.265 e. The highest BCUT2D eigenvalue weighted by Gasteiger charge is 2.33. The first kappa shape index (κ1) is 20.3. The summed E-state index contributed by atoms with van der Waals surface area (Å²) < 4.78 is 11.7. The first-order chi connectivity index (χ1) is 15.2. The number of amides is 1. The number of benzene rings is 2. The third-order valence-corrected chi connectivity index (χ3v) is 6.52. The van der Waals surface area contributed by atoms with E-state index in [4.69, 9.17) is 21.1 Å². The van der Waals surface area contributed by atoms with Gasteiger partial charge >= 0.3 is 0 Å². The molecular formula is C23H22ClN3O3S. The normalized spacial score (nSPS) is 17.1. The summed E-state index contributed by atoms with van der Waals surface area (Å²) in [5.74, 6) is 1.52. The number of aliphatic imine (C=N–C) groups is 1. The number of ether oxygens (including phenoxy) is 2. The molecule has 1 amide bonds. The molecule has 2 aromatic rings. The molecule has 160 valence electrons. The number of rotatable bonds is 7. The van der Waals surface area contributed by atoms with Crippen LogP contribution in [0.25, 0.3) is 5.70 Å². The number of unbranched alkanes of at least 4 members (excludes halogenated alkanes) is 1. The minimum absolute atomic E-state index is 0.0313. The highest BCUT2D eigenvalue weighted by atomic mass is 35.5. The lowest BCUT2D eigenvalue weighted by Gasteiger charge is -2.32. The third-order valence-electron chi connectivity index (χ3n) is 5.40. The number of amidine groups is 1. The van der Waals surface area contributed by atoms with Crippen molar-refractivity contribution in [2.24, 2.45) is 4.99 Å². The fourth-order valence-corrected chi connectivity index (χ4v) is 5.09. The van der Waals surface area contributed by atoms with Crippen molar-refractivity contribution < 1.29 is 14.3 Å². The van der Waals surface area contributed by atoms with Gasteiger partial charge in [-0.1, -0.05) is 41.6 Å². The Hall–Kier alpha value is -2.64. The van der Waals surface area contributed by atoms with Crippen molar-refractivity contribution in [3.63, 3.8) is 0 Å². The van der Waals surface area contributed by atoms with E-state index in [0.29, 0.717) is 23.9 Å². The van der Waals surface area contributed by atoms with Gasteiger partial charge in [-0.2, -0.15) is 0 Å². The Balaban J connectivity index is 1.30. The van der Waals surface area contributed by atoms with Gasteiger partial charge in [0.2, 0.25) is 0 Å². The van der Waals surface area contributed by atoms with Gasteiger partial charge in [0.05, 0.1) is 24.5 Å². The van der Waals surface area contributed by atoms with Crippen LogP contribution in [0.1, 0.15) is 18.4 Å². The highest BCUT2D eigenvalue weighted by Crippen LogP contribution is 2.45. The highest BCUT2D eigenvalue weighted by molar-refractivity contribution is 8.16. The Bertz CT molecular complexity index is 1060. The molecule has 0 saturated heterocycles. The van der Waals surface area contributed by atoms with E-state index in [1.165, 1.54) is 0 Å². The van der Waals surface area contributed by atoms with E-state index in [-0.39, 0.29) is 12.5 Å². The molecule has 0 aromatic heterocycles. The minimum Gasteiger partial charge on any atom is -0.494 e. The molecule has 8 heteroatoms. The Labute approximate surface area is 190 Å². The van der Waals surface area contributed by atoms with Crippen LogP contribution >= 0.6 is 23.4 Å². The van der Waals surface area contributed by atoms with Gasteiger partial charge in [-0.3, -0.25) is 9.79 Å². The summed E-state index contributed by atoms with van der Waals surface area (Å²) in [7, 11) is 0. The summed E-state index contributed by atoms with van der Waals surface area (Å²) >= 11 is 8.08. The SMILES string of the molecule is O=C1COc2c(C3=CSC4=NCCN34)cc(Cl)cc2N1CCCCOc1ccccc1. The predicted octanol–water partition coefficient (Wildman–Crippen LogP) is 4.64. The van der Waals surface area contributed by atoms with Crippen molar-refractivity contribution in [2.75, 3.05) is 37.7 Å².